The van der Waals surface area contributed by atoms with Crippen LogP contribution < -0.4 is 15.0 Å². The highest BCUT2D eigenvalue weighted by Crippen LogP contribution is 2.60. The van der Waals surface area contributed by atoms with Gasteiger partial charge in [-0.2, -0.15) is 0 Å². The Bertz CT molecular complexity index is 1920. The van der Waals surface area contributed by atoms with Crippen molar-refractivity contribution in [2.45, 2.75) is 136 Å². The van der Waals surface area contributed by atoms with Gasteiger partial charge in [0, 0.05) is 11.2 Å². The van der Waals surface area contributed by atoms with Gasteiger partial charge in [-0.3, -0.25) is 19.8 Å². The number of fused-ring (bicyclic) bond motifs is 6. The molecule has 2 N–H and O–H groups in total. The molecule has 3 amide bonds. The van der Waals surface area contributed by atoms with Gasteiger partial charge in [-0.25, -0.2) is 4.79 Å². The number of carbonyl (C=O) groups is 3. The van der Waals surface area contributed by atoms with E-state index in [1.165, 1.54) is 21.6 Å². The Balaban J connectivity index is 1.13. The number of ether oxygens (including phenoxy) is 1. The fourth-order valence-electron chi connectivity index (χ4n) is 11.6. The molecule has 282 valence electrons. The van der Waals surface area contributed by atoms with Gasteiger partial charge >= 0.3 is 6.09 Å². The van der Waals surface area contributed by atoms with Crippen molar-refractivity contribution in [1.82, 2.24) is 5.32 Å². The Labute approximate surface area is 315 Å². The fourth-order valence-corrected chi connectivity index (χ4v) is 11.6. The molecule has 2 fully saturated rings. The first-order valence-electron chi connectivity index (χ1n) is 19.8. The lowest BCUT2D eigenvalue weighted by molar-refractivity contribution is -0.150. The molecule has 0 spiro atoms. The molecule has 2 saturated carbocycles. The average Bonchev–Trinajstić information content (AvgIpc) is 3.10. The van der Waals surface area contributed by atoms with Crippen LogP contribution in [0.2, 0.25) is 0 Å². The Morgan fingerprint density at radius 1 is 0.755 bits per heavy atom. The Morgan fingerprint density at radius 2 is 1.28 bits per heavy atom. The summed E-state index contributed by atoms with van der Waals surface area (Å²) in [7, 11) is 0. The lowest BCUT2D eigenvalue weighted by Crippen LogP contribution is -2.60. The Hall–Kier alpha value is -4.13. The third kappa shape index (κ3) is 6.26. The molecule has 4 aliphatic carbocycles. The van der Waals surface area contributed by atoms with Gasteiger partial charge in [0.25, 0.3) is 0 Å². The topological polar surface area (TPSA) is 95.9 Å². The quantitative estimate of drug-likeness (QED) is 0.248. The van der Waals surface area contributed by atoms with Crippen LogP contribution in [-0.4, -0.2) is 28.6 Å². The fraction of sp³-hybridized carbons (Fsp3) is 0.543. The molecule has 7 rings (SSSR count). The van der Waals surface area contributed by atoms with Gasteiger partial charge < -0.3 is 9.84 Å². The van der Waals surface area contributed by atoms with Crippen molar-refractivity contribution < 1.29 is 24.2 Å². The molecule has 7 heteroatoms. The largest absolute Gasteiger partial charge is 0.489 e. The number of carbonyl (C=O) groups excluding carboxylic acids is 2. The summed E-state index contributed by atoms with van der Waals surface area (Å²) in [5.41, 5.74) is 4.23. The second kappa shape index (κ2) is 13.3. The molecule has 7 nitrogen and oxygen atoms in total. The van der Waals surface area contributed by atoms with E-state index >= 15 is 0 Å². The van der Waals surface area contributed by atoms with Crippen LogP contribution in [0.3, 0.4) is 0 Å². The molecule has 6 atom stereocenters. The smallest absolute Gasteiger partial charge is 0.412 e. The second-order valence-electron chi connectivity index (χ2n) is 18.6. The van der Waals surface area contributed by atoms with Crippen molar-refractivity contribution in [2.24, 2.45) is 22.7 Å². The van der Waals surface area contributed by atoms with Crippen molar-refractivity contribution in [2.75, 3.05) is 4.90 Å². The van der Waals surface area contributed by atoms with Crippen LogP contribution in [0.5, 0.6) is 5.75 Å². The summed E-state index contributed by atoms with van der Waals surface area (Å²) in [6.07, 6.45) is 7.68. The maximum Gasteiger partial charge on any atom is 0.412 e. The predicted molar refractivity (Wildman–Crippen MR) is 209 cm³/mol. The summed E-state index contributed by atoms with van der Waals surface area (Å²) in [5, 5.41) is 13.3. The molecule has 0 aromatic heterocycles. The third-order valence-electron chi connectivity index (χ3n) is 14.3. The van der Waals surface area contributed by atoms with Gasteiger partial charge in [0.2, 0.25) is 11.8 Å². The molecule has 0 unspecified atom stereocenters. The lowest BCUT2D eigenvalue weighted by Gasteiger charge is -2.56. The summed E-state index contributed by atoms with van der Waals surface area (Å²) in [6.45, 7) is 15.0. The number of anilines is 1. The monoisotopic (exact) mass is 718 g/mol. The van der Waals surface area contributed by atoms with Crippen molar-refractivity contribution in [3.8, 4) is 5.75 Å². The molecule has 0 radical (unpaired) electrons. The van der Waals surface area contributed by atoms with E-state index in [-0.39, 0.29) is 34.5 Å². The molecule has 3 aromatic carbocycles. The van der Waals surface area contributed by atoms with Gasteiger partial charge in [0.15, 0.2) is 0 Å². The van der Waals surface area contributed by atoms with E-state index < -0.39 is 22.5 Å². The first-order valence-corrected chi connectivity index (χ1v) is 19.8. The molecule has 0 bridgehead atoms. The number of benzene rings is 3. The highest BCUT2D eigenvalue weighted by atomic mass is 16.5. The van der Waals surface area contributed by atoms with Gasteiger partial charge in [0.05, 0.1) is 10.8 Å². The van der Waals surface area contributed by atoms with Crippen LogP contribution in [0.1, 0.15) is 128 Å². The molecule has 53 heavy (non-hydrogen) atoms. The van der Waals surface area contributed by atoms with Crippen LogP contribution in [-0.2, 0) is 39.9 Å². The number of imide groups is 1. The van der Waals surface area contributed by atoms with Crippen molar-refractivity contribution in [3.63, 3.8) is 0 Å². The van der Waals surface area contributed by atoms with Crippen LogP contribution >= 0.6 is 0 Å². The van der Waals surface area contributed by atoms with Gasteiger partial charge in [-0.15, -0.1) is 0 Å². The van der Waals surface area contributed by atoms with Gasteiger partial charge in [-0.05, 0) is 147 Å². The zero-order chi connectivity index (χ0) is 38.0. The SMILES string of the molecule is CC(C)(C)N(C(=O)O)c1ccc2c(c1)[C@@]1(C)CCC[C@](C)(C(=O)NC(=O)[C@@]3(C)CCC[C@]4(C)c5cc(OCc6ccccc6)ccc5CC[C@@H]34)[C@@H]1CC2. The Morgan fingerprint density at radius 3 is 1.81 bits per heavy atom. The van der Waals surface area contributed by atoms with E-state index in [2.05, 4.69) is 75.5 Å². The lowest BCUT2D eigenvalue weighted by atomic mass is 9.49. The zero-order valence-corrected chi connectivity index (χ0v) is 32.8. The minimum Gasteiger partial charge on any atom is -0.489 e. The number of nitrogens with one attached hydrogen (secondary N) is 1. The minimum atomic E-state index is -0.980. The van der Waals surface area contributed by atoms with E-state index in [1.54, 1.807) is 0 Å². The Kier molecular flexibility index (Phi) is 9.34. The standard InChI is InChI=1S/C46H58N2O5/c1-42(2,3)48(41(51)52)33-19-15-31-17-21-37-43(4,35(31)27-33)23-11-25-45(37,6)39(49)47-40(50)46(7)26-12-24-44(5)36-28-34(20-16-32(36)18-22-38(44)46)53-29-30-13-9-8-10-14-30/h8-10,13-16,19-20,27-28,37-38H,11-12,17-18,21-26,29H2,1-7H3,(H,51,52)(H,47,49,50)/t37-,38-,43-,44-,45+,46+/m1/s1. The molecule has 0 aliphatic heterocycles. The van der Waals surface area contributed by atoms with Crippen LogP contribution in [0.15, 0.2) is 66.7 Å². The number of rotatable bonds is 6. The number of carboxylic acid groups (broad SMARTS) is 1. The number of hydrogen-bond acceptors (Lipinski definition) is 4. The molecular formula is C46H58N2O5. The van der Waals surface area contributed by atoms with Crippen LogP contribution in [0, 0.1) is 22.7 Å². The van der Waals surface area contributed by atoms with E-state index in [0.29, 0.717) is 12.3 Å². The minimum absolute atomic E-state index is 0.0208. The number of hydrogen-bond donors (Lipinski definition) is 2. The number of nitrogens with zero attached hydrogens (tertiary/aromatic N) is 1. The first kappa shape index (κ1) is 37.2. The maximum absolute atomic E-state index is 14.7. The summed E-state index contributed by atoms with van der Waals surface area (Å²) in [4.78, 5) is 43.2. The summed E-state index contributed by atoms with van der Waals surface area (Å²) < 4.78 is 6.28. The summed E-state index contributed by atoms with van der Waals surface area (Å²) >= 11 is 0. The molecule has 0 saturated heterocycles. The number of aryl methyl sites for hydroxylation is 2. The van der Waals surface area contributed by atoms with Gasteiger partial charge in [0.1, 0.15) is 12.4 Å². The van der Waals surface area contributed by atoms with E-state index in [4.69, 9.17) is 4.74 Å². The average molecular weight is 719 g/mol. The normalized spacial score (nSPS) is 30.5. The van der Waals surface area contributed by atoms with Crippen molar-refractivity contribution in [3.05, 3.63) is 94.5 Å². The molecule has 0 heterocycles. The van der Waals surface area contributed by atoms with Crippen molar-refractivity contribution >= 4 is 23.6 Å². The highest BCUT2D eigenvalue weighted by molar-refractivity contribution is 6.01. The third-order valence-corrected chi connectivity index (χ3v) is 14.3. The summed E-state index contributed by atoms with van der Waals surface area (Å²) in [6, 6.07) is 22.8. The highest BCUT2D eigenvalue weighted by Gasteiger charge is 2.58. The summed E-state index contributed by atoms with van der Waals surface area (Å²) in [5.74, 6) is 0.684. The van der Waals surface area contributed by atoms with E-state index in [1.807, 2.05) is 45.0 Å². The predicted octanol–water partition coefficient (Wildman–Crippen LogP) is 9.91. The van der Waals surface area contributed by atoms with Gasteiger partial charge in [-0.1, -0.05) is 83.0 Å². The van der Waals surface area contributed by atoms with Crippen LogP contribution in [0.4, 0.5) is 10.5 Å². The van der Waals surface area contributed by atoms with Crippen molar-refractivity contribution in [1.29, 1.82) is 0 Å². The molecule has 4 aliphatic rings. The molecular weight excluding hydrogens is 661 g/mol. The zero-order valence-electron chi connectivity index (χ0n) is 32.8. The maximum atomic E-state index is 14.7. The second-order valence-corrected chi connectivity index (χ2v) is 18.6. The van der Waals surface area contributed by atoms with E-state index in [9.17, 15) is 19.5 Å². The van der Waals surface area contributed by atoms with Crippen LogP contribution in [0.25, 0.3) is 0 Å². The molecule has 3 aromatic rings. The number of amides is 3. The van der Waals surface area contributed by atoms with E-state index in [0.717, 1.165) is 81.1 Å². The first-order chi connectivity index (χ1) is 25.0.